The molecule has 1 amide bonds. The molecule has 37 heavy (non-hydrogen) atoms. The predicted molar refractivity (Wildman–Crippen MR) is 150 cm³/mol. The average molecular weight is 560 g/mol. The molecule has 4 aromatic rings. The molecule has 194 valence electrons. The first-order valence-corrected chi connectivity index (χ1v) is 13.8. The lowest BCUT2D eigenvalue weighted by Gasteiger charge is -2.08. The number of benzene rings is 2. The Morgan fingerprint density at radius 3 is 2.54 bits per heavy atom. The summed E-state index contributed by atoms with van der Waals surface area (Å²) >= 11 is 13.7. The molecule has 0 saturated heterocycles. The molecule has 2 aromatic heterocycles. The van der Waals surface area contributed by atoms with Crippen molar-refractivity contribution >= 4 is 57.3 Å². The number of fused-ring (bicyclic) bond motifs is 1. The second-order valence-electron chi connectivity index (χ2n) is 8.74. The minimum atomic E-state index is -0.111. The third-order valence-corrected chi connectivity index (χ3v) is 7.67. The number of thioether (sulfide) groups is 1. The molecule has 8 nitrogen and oxygen atoms in total. The average Bonchev–Trinajstić information content (AvgIpc) is 3.22. The van der Waals surface area contributed by atoms with Crippen LogP contribution < -0.4 is 10.9 Å². The van der Waals surface area contributed by atoms with E-state index in [9.17, 15) is 9.59 Å². The van der Waals surface area contributed by atoms with Crippen molar-refractivity contribution in [3.8, 4) is 0 Å². The van der Waals surface area contributed by atoms with Gasteiger partial charge in [0.2, 0.25) is 5.91 Å². The van der Waals surface area contributed by atoms with Gasteiger partial charge in [-0.2, -0.15) is 5.10 Å². The minimum Gasteiger partial charge on any atom is -0.325 e. The highest BCUT2D eigenvalue weighted by molar-refractivity contribution is 7.99. The Morgan fingerprint density at radius 1 is 1.00 bits per heavy atom. The fraction of sp³-hybridized carbons (Fsp3) is 0.346. The van der Waals surface area contributed by atoms with E-state index in [1.54, 1.807) is 37.0 Å². The van der Waals surface area contributed by atoms with E-state index in [1.165, 1.54) is 4.68 Å². The summed E-state index contributed by atoms with van der Waals surface area (Å²) in [5.74, 6) is 1.66. The fourth-order valence-corrected chi connectivity index (χ4v) is 5.37. The van der Waals surface area contributed by atoms with Gasteiger partial charge in [-0.1, -0.05) is 66.0 Å². The number of anilines is 1. The van der Waals surface area contributed by atoms with Crippen LogP contribution in [0.4, 0.5) is 5.69 Å². The number of amides is 1. The second kappa shape index (κ2) is 12.6. The van der Waals surface area contributed by atoms with Crippen molar-refractivity contribution in [1.29, 1.82) is 0 Å². The molecule has 0 unspecified atom stereocenters. The maximum Gasteiger partial charge on any atom is 0.274 e. The normalized spacial score (nSPS) is 11.2. The van der Waals surface area contributed by atoms with Gasteiger partial charge in [-0.05, 0) is 37.1 Å². The first kappa shape index (κ1) is 27.2. The van der Waals surface area contributed by atoms with Crippen molar-refractivity contribution in [1.82, 2.24) is 24.5 Å². The Kier molecular flexibility index (Phi) is 9.23. The SMILES string of the molecule is Cn1c(Cc2nn(C)c(=O)c3ccccc23)nnc1SCCCCCCC(=O)Nc1ccc(Cl)cc1Cl. The van der Waals surface area contributed by atoms with Crippen molar-refractivity contribution < 1.29 is 4.79 Å². The van der Waals surface area contributed by atoms with Crippen molar-refractivity contribution in [3.63, 3.8) is 0 Å². The van der Waals surface area contributed by atoms with Crippen molar-refractivity contribution in [2.24, 2.45) is 14.1 Å². The Bertz CT molecular complexity index is 1470. The Labute approximate surface area is 229 Å². The standard InChI is InChI=1S/C26H28Cl2N6O2S/c1-33-23(16-22-18-9-6-7-10-19(18)25(36)34(2)32-22)30-31-26(33)37-14-8-4-3-5-11-24(35)29-21-13-12-17(27)15-20(21)28/h6-7,9-10,12-13,15H,3-5,8,11,14,16H2,1-2H3,(H,29,35). The zero-order valence-corrected chi connectivity index (χ0v) is 23.0. The van der Waals surface area contributed by atoms with E-state index < -0.39 is 0 Å². The largest absolute Gasteiger partial charge is 0.325 e. The minimum absolute atomic E-state index is 0.0500. The molecule has 2 heterocycles. The highest BCUT2D eigenvalue weighted by atomic mass is 35.5. The molecule has 2 aromatic carbocycles. The lowest BCUT2D eigenvalue weighted by atomic mass is 10.1. The number of carbonyl (C=O) groups is 1. The number of aryl methyl sites for hydroxylation is 1. The van der Waals surface area contributed by atoms with Crippen LogP contribution in [0.2, 0.25) is 10.0 Å². The topological polar surface area (TPSA) is 94.7 Å². The van der Waals surface area contributed by atoms with Gasteiger partial charge in [-0.25, -0.2) is 4.68 Å². The van der Waals surface area contributed by atoms with Crippen LogP contribution >= 0.6 is 35.0 Å². The maximum absolute atomic E-state index is 12.4. The van der Waals surface area contributed by atoms with E-state index in [2.05, 4.69) is 20.6 Å². The highest BCUT2D eigenvalue weighted by Crippen LogP contribution is 2.26. The predicted octanol–water partition coefficient (Wildman–Crippen LogP) is 5.64. The summed E-state index contributed by atoms with van der Waals surface area (Å²) in [6, 6.07) is 12.5. The van der Waals surface area contributed by atoms with Crippen molar-refractivity contribution in [2.75, 3.05) is 11.1 Å². The quantitative estimate of drug-likeness (QED) is 0.189. The maximum atomic E-state index is 12.4. The number of hydrogen-bond acceptors (Lipinski definition) is 6. The van der Waals surface area contributed by atoms with E-state index in [-0.39, 0.29) is 11.5 Å². The van der Waals surface area contributed by atoms with Crippen LogP contribution in [-0.4, -0.2) is 36.2 Å². The summed E-state index contributed by atoms with van der Waals surface area (Å²) in [5.41, 5.74) is 1.27. The summed E-state index contributed by atoms with van der Waals surface area (Å²) in [7, 11) is 3.62. The van der Waals surface area contributed by atoms with Crippen LogP contribution in [0, 0.1) is 0 Å². The van der Waals surface area contributed by atoms with Gasteiger partial charge in [0.15, 0.2) is 5.16 Å². The number of rotatable bonds is 11. The summed E-state index contributed by atoms with van der Waals surface area (Å²) < 4.78 is 3.36. The number of halogens is 2. The third-order valence-electron chi connectivity index (χ3n) is 6.02. The van der Waals surface area contributed by atoms with Gasteiger partial charge in [0.25, 0.3) is 5.56 Å². The van der Waals surface area contributed by atoms with Crippen LogP contribution in [0.5, 0.6) is 0 Å². The highest BCUT2D eigenvalue weighted by Gasteiger charge is 2.14. The molecule has 0 saturated carbocycles. The molecule has 0 atom stereocenters. The fourth-order valence-electron chi connectivity index (χ4n) is 3.99. The van der Waals surface area contributed by atoms with Crippen LogP contribution in [0.25, 0.3) is 10.8 Å². The number of nitrogens with zero attached hydrogens (tertiary/aromatic N) is 5. The lowest BCUT2D eigenvalue weighted by molar-refractivity contribution is -0.116. The van der Waals surface area contributed by atoms with Crippen LogP contribution in [0.3, 0.4) is 0 Å². The van der Waals surface area contributed by atoms with Gasteiger partial charge in [0.05, 0.1) is 28.2 Å². The summed E-state index contributed by atoms with van der Waals surface area (Å²) in [6.45, 7) is 0. The van der Waals surface area contributed by atoms with E-state index in [4.69, 9.17) is 23.2 Å². The molecule has 0 aliphatic carbocycles. The molecule has 0 aliphatic heterocycles. The molecular weight excluding hydrogens is 531 g/mol. The monoisotopic (exact) mass is 558 g/mol. The summed E-state index contributed by atoms with van der Waals surface area (Å²) in [5, 5.41) is 19.3. The van der Waals surface area contributed by atoms with Crippen LogP contribution in [-0.2, 0) is 25.3 Å². The Balaban J connectivity index is 1.21. The molecule has 0 spiro atoms. The number of nitrogens with one attached hydrogen (secondary N) is 1. The molecule has 0 aliphatic rings. The molecule has 11 heteroatoms. The van der Waals surface area contributed by atoms with Gasteiger partial charge in [0, 0.05) is 36.7 Å². The third kappa shape index (κ3) is 6.91. The molecule has 0 radical (unpaired) electrons. The first-order chi connectivity index (χ1) is 17.8. The van der Waals surface area contributed by atoms with Crippen LogP contribution in [0.1, 0.15) is 43.6 Å². The molecule has 4 rings (SSSR count). The Morgan fingerprint density at radius 2 is 1.76 bits per heavy atom. The van der Waals surface area contributed by atoms with E-state index in [0.29, 0.717) is 34.0 Å². The van der Waals surface area contributed by atoms with E-state index in [0.717, 1.165) is 53.5 Å². The van der Waals surface area contributed by atoms with Gasteiger partial charge in [-0.15, -0.1) is 10.2 Å². The van der Waals surface area contributed by atoms with Gasteiger partial charge < -0.3 is 9.88 Å². The lowest BCUT2D eigenvalue weighted by Crippen LogP contribution is -2.21. The summed E-state index contributed by atoms with van der Waals surface area (Å²) in [4.78, 5) is 24.5. The van der Waals surface area contributed by atoms with E-state index >= 15 is 0 Å². The number of aromatic nitrogens is 5. The number of carbonyl (C=O) groups excluding carboxylic acids is 1. The number of unbranched alkanes of at least 4 members (excludes halogenated alkanes) is 3. The van der Waals surface area contributed by atoms with Crippen molar-refractivity contribution in [2.45, 2.75) is 43.7 Å². The Hall–Kier alpha value is -2.88. The van der Waals surface area contributed by atoms with Gasteiger partial charge in [0.1, 0.15) is 5.82 Å². The van der Waals surface area contributed by atoms with Gasteiger partial charge in [-0.3, -0.25) is 9.59 Å². The number of hydrogen-bond donors (Lipinski definition) is 1. The molecular formula is C26H28Cl2N6O2S. The zero-order chi connectivity index (χ0) is 26.4. The first-order valence-electron chi connectivity index (χ1n) is 12.0. The molecule has 1 N–H and O–H groups in total. The van der Waals surface area contributed by atoms with Crippen molar-refractivity contribution in [3.05, 3.63) is 74.4 Å². The summed E-state index contributed by atoms with van der Waals surface area (Å²) in [6.07, 6.45) is 4.77. The van der Waals surface area contributed by atoms with Gasteiger partial charge >= 0.3 is 0 Å². The molecule has 0 fully saturated rings. The van der Waals surface area contributed by atoms with E-state index in [1.807, 2.05) is 35.9 Å². The second-order valence-corrected chi connectivity index (χ2v) is 10.6. The molecule has 0 bridgehead atoms. The zero-order valence-electron chi connectivity index (χ0n) is 20.7. The smallest absolute Gasteiger partial charge is 0.274 e. The van der Waals surface area contributed by atoms with Crippen LogP contribution in [0.15, 0.2) is 52.4 Å².